The maximum Gasteiger partial charge on any atom is 0.396 e. The van der Waals surface area contributed by atoms with Gasteiger partial charge in [-0.05, 0) is 55.1 Å². The Morgan fingerprint density at radius 3 is 2.06 bits per heavy atom. The van der Waals surface area contributed by atoms with Crippen molar-refractivity contribution in [2.24, 2.45) is 11.1 Å². The Hall–Kier alpha value is -3.16. The summed E-state index contributed by atoms with van der Waals surface area (Å²) in [7, 11) is 1.99. The van der Waals surface area contributed by atoms with E-state index in [4.69, 9.17) is 5.73 Å². The summed E-state index contributed by atoms with van der Waals surface area (Å²) in [6.07, 6.45) is -3.42. The van der Waals surface area contributed by atoms with Gasteiger partial charge in [0.25, 0.3) is 0 Å². The van der Waals surface area contributed by atoms with E-state index in [2.05, 4.69) is 10.2 Å². The standard InChI is InChI=1S/C29H32F3N3O/c1-35(20-22-8-4-2-5-9-22)25(18-21-12-14-24(15-13-21)27(33)36)19-34-26(23-10-6-3-7-11-23)28(16-17-28)29(30,31)32/h2-15,25-26,34H,16-20H2,1H3,(H2,33,36)/t25-,26-/m0/s1. The van der Waals surface area contributed by atoms with Crippen LogP contribution in [-0.4, -0.2) is 36.6 Å². The van der Waals surface area contributed by atoms with Crippen molar-refractivity contribution in [3.8, 4) is 0 Å². The topological polar surface area (TPSA) is 58.4 Å². The summed E-state index contributed by atoms with van der Waals surface area (Å²) >= 11 is 0. The van der Waals surface area contributed by atoms with Crippen molar-refractivity contribution in [1.82, 2.24) is 10.2 Å². The minimum absolute atomic E-state index is 0.0834. The van der Waals surface area contributed by atoms with Gasteiger partial charge in [-0.3, -0.25) is 9.69 Å². The third-order valence-electron chi connectivity index (χ3n) is 7.20. The van der Waals surface area contributed by atoms with E-state index in [0.29, 0.717) is 30.6 Å². The lowest BCUT2D eigenvalue weighted by atomic mass is 9.88. The number of rotatable bonds is 11. The molecule has 1 saturated carbocycles. The Labute approximate surface area is 210 Å². The van der Waals surface area contributed by atoms with Crippen LogP contribution in [0.4, 0.5) is 13.2 Å². The number of hydrogen-bond donors (Lipinski definition) is 2. The van der Waals surface area contributed by atoms with Crippen LogP contribution in [0.3, 0.4) is 0 Å². The van der Waals surface area contributed by atoms with Crippen LogP contribution < -0.4 is 11.1 Å². The maximum absolute atomic E-state index is 14.2. The van der Waals surface area contributed by atoms with Crippen LogP contribution >= 0.6 is 0 Å². The van der Waals surface area contributed by atoms with Gasteiger partial charge in [0.05, 0.1) is 5.41 Å². The molecule has 0 spiro atoms. The number of alkyl halides is 3. The van der Waals surface area contributed by atoms with E-state index in [0.717, 1.165) is 11.1 Å². The molecule has 1 amide bonds. The maximum atomic E-state index is 14.2. The average molecular weight is 496 g/mol. The number of halogens is 3. The van der Waals surface area contributed by atoms with Gasteiger partial charge in [-0.1, -0.05) is 72.8 Å². The van der Waals surface area contributed by atoms with E-state index >= 15 is 0 Å². The smallest absolute Gasteiger partial charge is 0.366 e. The van der Waals surface area contributed by atoms with Crippen LogP contribution in [0.15, 0.2) is 84.9 Å². The second-order valence-corrected chi connectivity index (χ2v) is 9.73. The second kappa shape index (κ2) is 10.8. The van der Waals surface area contributed by atoms with Crippen molar-refractivity contribution < 1.29 is 18.0 Å². The van der Waals surface area contributed by atoms with Gasteiger partial charge in [0.2, 0.25) is 5.91 Å². The molecular weight excluding hydrogens is 463 g/mol. The number of primary amides is 1. The molecule has 0 saturated heterocycles. The van der Waals surface area contributed by atoms with Gasteiger partial charge in [0, 0.05) is 30.7 Å². The molecule has 3 aromatic rings. The summed E-state index contributed by atoms with van der Waals surface area (Å²) in [6, 6.07) is 25.1. The largest absolute Gasteiger partial charge is 0.396 e. The van der Waals surface area contributed by atoms with Crippen LogP contribution in [-0.2, 0) is 13.0 Å². The van der Waals surface area contributed by atoms with E-state index in [1.165, 1.54) is 0 Å². The predicted octanol–water partition coefficient (Wildman–Crippen LogP) is 5.50. The summed E-state index contributed by atoms with van der Waals surface area (Å²) in [5, 5.41) is 3.33. The highest BCUT2D eigenvalue weighted by Gasteiger charge is 2.67. The van der Waals surface area contributed by atoms with Crippen molar-refractivity contribution in [3.05, 3.63) is 107 Å². The number of likely N-dealkylation sites (N-methyl/N-ethyl adjacent to an activating group) is 1. The first kappa shape index (κ1) is 25.9. The lowest BCUT2D eigenvalue weighted by Gasteiger charge is -2.34. The molecule has 4 rings (SSSR count). The van der Waals surface area contributed by atoms with Gasteiger partial charge >= 0.3 is 6.18 Å². The fourth-order valence-corrected chi connectivity index (χ4v) is 4.86. The van der Waals surface area contributed by atoms with Gasteiger partial charge in [0.15, 0.2) is 0 Å². The second-order valence-electron chi connectivity index (χ2n) is 9.73. The molecule has 0 aliphatic heterocycles. The molecule has 7 heteroatoms. The summed E-state index contributed by atoms with van der Waals surface area (Å²) in [5.41, 5.74) is 6.83. The number of hydrogen-bond acceptors (Lipinski definition) is 3. The summed E-state index contributed by atoms with van der Waals surface area (Å²) in [6.45, 7) is 1.03. The van der Waals surface area contributed by atoms with Gasteiger partial charge in [-0.2, -0.15) is 13.2 Å². The number of benzene rings is 3. The van der Waals surface area contributed by atoms with E-state index in [1.807, 2.05) is 55.6 Å². The molecule has 0 bridgehead atoms. The molecule has 3 N–H and O–H groups in total. The first-order valence-electron chi connectivity index (χ1n) is 12.2. The van der Waals surface area contributed by atoms with E-state index < -0.39 is 23.5 Å². The van der Waals surface area contributed by atoms with Crippen LogP contribution in [0.5, 0.6) is 0 Å². The van der Waals surface area contributed by atoms with Crippen molar-refractivity contribution in [2.75, 3.05) is 13.6 Å². The Kier molecular flexibility index (Phi) is 7.81. The number of nitrogens with one attached hydrogen (secondary N) is 1. The minimum Gasteiger partial charge on any atom is -0.366 e. The van der Waals surface area contributed by atoms with Crippen molar-refractivity contribution >= 4 is 5.91 Å². The SMILES string of the molecule is CN(Cc1ccccc1)[C@H](CN[C@@H](c1ccccc1)C1(C(F)(F)F)CC1)Cc1ccc(C(N)=O)cc1. The molecule has 36 heavy (non-hydrogen) atoms. The molecule has 190 valence electrons. The Balaban J connectivity index is 1.57. The van der Waals surface area contributed by atoms with Gasteiger partial charge in [0.1, 0.15) is 0 Å². The number of nitrogens with zero attached hydrogens (tertiary/aromatic N) is 1. The third kappa shape index (κ3) is 5.97. The normalized spacial score (nSPS) is 16.5. The van der Waals surface area contributed by atoms with Crippen LogP contribution in [0.1, 0.15) is 45.9 Å². The summed E-state index contributed by atoms with van der Waals surface area (Å²) in [5.74, 6) is -0.492. The first-order chi connectivity index (χ1) is 17.2. The number of amides is 1. The minimum atomic E-state index is -4.28. The summed E-state index contributed by atoms with van der Waals surface area (Å²) in [4.78, 5) is 13.6. The van der Waals surface area contributed by atoms with Crippen LogP contribution in [0.2, 0.25) is 0 Å². The van der Waals surface area contributed by atoms with Crippen molar-refractivity contribution in [2.45, 2.75) is 44.1 Å². The zero-order valence-electron chi connectivity index (χ0n) is 20.3. The molecule has 1 aliphatic carbocycles. The Morgan fingerprint density at radius 2 is 1.53 bits per heavy atom. The quantitative estimate of drug-likeness (QED) is 0.369. The molecule has 2 atom stereocenters. The zero-order valence-corrected chi connectivity index (χ0v) is 20.3. The molecule has 0 aromatic heterocycles. The van der Waals surface area contributed by atoms with Gasteiger partial charge in [-0.15, -0.1) is 0 Å². The highest BCUT2D eigenvalue weighted by molar-refractivity contribution is 5.92. The lowest BCUT2D eigenvalue weighted by molar-refractivity contribution is -0.196. The molecule has 4 nitrogen and oxygen atoms in total. The lowest BCUT2D eigenvalue weighted by Crippen LogP contribution is -2.46. The fraction of sp³-hybridized carbons (Fsp3) is 0.345. The number of carbonyl (C=O) groups is 1. The molecule has 0 radical (unpaired) electrons. The first-order valence-corrected chi connectivity index (χ1v) is 12.2. The fourth-order valence-electron chi connectivity index (χ4n) is 4.86. The van der Waals surface area contributed by atoms with Crippen molar-refractivity contribution in [1.29, 1.82) is 0 Å². The average Bonchev–Trinajstić information content (AvgIpc) is 3.67. The molecule has 0 unspecified atom stereocenters. The summed E-state index contributed by atoms with van der Waals surface area (Å²) < 4.78 is 42.5. The van der Waals surface area contributed by atoms with E-state index in [9.17, 15) is 18.0 Å². The van der Waals surface area contributed by atoms with E-state index in [-0.39, 0.29) is 18.9 Å². The molecule has 0 heterocycles. The predicted molar refractivity (Wildman–Crippen MR) is 135 cm³/mol. The van der Waals surface area contributed by atoms with Crippen molar-refractivity contribution in [3.63, 3.8) is 0 Å². The number of carbonyl (C=O) groups excluding carboxylic acids is 1. The van der Waals surface area contributed by atoms with E-state index in [1.54, 1.807) is 36.4 Å². The Morgan fingerprint density at radius 1 is 0.944 bits per heavy atom. The molecule has 1 aliphatic rings. The molecule has 1 fully saturated rings. The zero-order chi connectivity index (χ0) is 25.8. The number of nitrogens with two attached hydrogens (primary N) is 1. The van der Waals surface area contributed by atoms with Crippen LogP contribution in [0, 0.1) is 5.41 Å². The highest BCUT2D eigenvalue weighted by Crippen LogP contribution is 2.64. The van der Waals surface area contributed by atoms with Gasteiger partial charge in [-0.25, -0.2) is 0 Å². The van der Waals surface area contributed by atoms with Gasteiger partial charge < -0.3 is 11.1 Å². The molecule has 3 aromatic carbocycles. The molecular formula is C29H32F3N3O. The highest BCUT2D eigenvalue weighted by atomic mass is 19.4. The monoisotopic (exact) mass is 495 g/mol. The van der Waals surface area contributed by atoms with Crippen LogP contribution in [0.25, 0.3) is 0 Å². The Bertz CT molecular complexity index is 1130. The third-order valence-corrected chi connectivity index (χ3v) is 7.20.